The van der Waals surface area contributed by atoms with Crippen molar-refractivity contribution in [2.75, 3.05) is 0 Å². The van der Waals surface area contributed by atoms with Crippen LogP contribution in [0.15, 0.2) is 30.3 Å². The summed E-state index contributed by atoms with van der Waals surface area (Å²) in [5, 5.41) is 0. The van der Waals surface area contributed by atoms with E-state index in [-0.39, 0.29) is 32.7 Å². The second-order valence-corrected chi connectivity index (χ2v) is 8.99. The van der Waals surface area contributed by atoms with Gasteiger partial charge < -0.3 is 6.42 Å². The number of hydrogen-bond donors (Lipinski definition) is 0. The molecule has 2 aliphatic rings. The normalized spacial score (nSPS) is 30.3. The molecule has 0 N–H and O–H groups in total. The molecule has 2 fully saturated rings. The summed E-state index contributed by atoms with van der Waals surface area (Å²) in [5.41, 5.74) is 0.972. The monoisotopic (exact) mass is 373 g/mol. The molecule has 121 valence electrons. The quantitative estimate of drug-likeness (QED) is 0.487. The molecule has 3 rings (SSSR count). The molecule has 1 aromatic rings. The van der Waals surface area contributed by atoms with Gasteiger partial charge in [0, 0.05) is 32.7 Å². The first-order valence-corrected chi connectivity index (χ1v) is 8.45. The molecule has 2 saturated carbocycles. The molecule has 1 heteroatoms. The number of hydrogen-bond acceptors (Lipinski definition) is 0. The van der Waals surface area contributed by atoms with Crippen LogP contribution < -0.4 is 0 Å². The van der Waals surface area contributed by atoms with Crippen molar-refractivity contribution in [3.05, 3.63) is 42.8 Å². The summed E-state index contributed by atoms with van der Waals surface area (Å²) in [6, 6.07) is 12.5. The Balaban J connectivity index is 0.000000293. The summed E-state index contributed by atoms with van der Waals surface area (Å²) in [6.45, 7) is 14.6. The third kappa shape index (κ3) is 4.91. The van der Waals surface area contributed by atoms with Crippen molar-refractivity contribution in [3.8, 4) is 0 Å². The van der Waals surface area contributed by atoms with Crippen LogP contribution in [-0.4, -0.2) is 0 Å². The predicted molar refractivity (Wildman–Crippen MR) is 91.7 cm³/mol. The van der Waals surface area contributed by atoms with E-state index in [1.54, 1.807) is 0 Å². The minimum absolute atomic E-state index is 0. The van der Waals surface area contributed by atoms with E-state index >= 15 is 0 Å². The molecule has 4 unspecified atom stereocenters. The van der Waals surface area contributed by atoms with Crippen molar-refractivity contribution in [3.63, 3.8) is 0 Å². The SMILES string of the molecule is CC(C)(C)C1C2[CH-]CC(C2)C1C(C)(C)C.[Y].[c-]1ccccc1. The van der Waals surface area contributed by atoms with E-state index in [1.807, 2.05) is 30.3 Å². The molecule has 0 aliphatic heterocycles. The zero-order valence-electron chi connectivity index (χ0n) is 15.3. The van der Waals surface area contributed by atoms with Gasteiger partial charge in [-0.25, -0.2) is 0 Å². The van der Waals surface area contributed by atoms with Gasteiger partial charge in [-0.3, -0.25) is 0 Å². The first kappa shape index (κ1) is 20.4. The summed E-state index contributed by atoms with van der Waals surface area (Å²) >= 11 is 0. The van der Waals surface area contributed by atoms with Gasteiger partial charge in [-0.1, -0.05) is 59.8 Å². The van der Waals surface area contributed by atoms with Gasteiger partial charge >= 0.3 is 0 Å². The molecule has 0 aromatic heterocycles. The van der Waals surface area contributed by atoms with Gasteiger partial charge in [0.2, 0.25) is 0 Å². The molecule has 0 amide bonds. The molecule has 0 heterocycles. The standard InChI is InChI=1S/C15H27.C6H5.Y/c1-14(2,3)12-10-7-8-11(9-10)13(12)15(4,5)6;1-2-4-6-5-3-1;/h7,10-13H,8-9H2,1-6H3;1-5H;/q2*-1;. The number of rotatable bonds is 0. The second-order valence-electron chi connectivity index (χ2n) is 8.99. The molecule has 22 heavy (non-hydrogen) atoms. The maximum Gasteiger partial charge on any atom is 0 e. The zero-order chi connectivity index (χ0) is 15.7. The van der Waals surface area contributed by atoms with E-state index in [4.69, 9.17) is 0 Å². The third-order valence-corrected chi connectivity index (χ3v) is 5.28. The summed E-state index contributed by atoms with van der Waals surface area (Å²) in [5.74, 6) is 3.75. The first-order valence-electron chi connectivity index (χ1n) is 8.45. The predicted octanol–water partition coefficient (Wildman–Crippen LogP) is 6.04. The molecule has 1 radical (unpaired) electrons. The Morgan fingerprint density at radius 3 is 1.73 bits per heavy atom. The molecule has 2 aliphatic carbocycles. The fourth-order valence-electron chi connectivity index (χ4n) is 4.81. The van der Waals surface area contributed by atoms with E-state index in [9.17, 15) is 0 Å². The fraction of sp³-hybridized carbons (Fsp3) is 0.667. The van der Waals surface area contributed by atoms with Crippen LogP contribution in [0.2, 0.25) is 0 Å². The molecule has 0 nitrogen and oxygen atoms in total. The third-order valence-electron chi connectivity index (χ3n) is 5.28. The van der Waals surface area contributed by atoms with E-state index in [1.165, 1.54) is 12.8 Å². The van der Waals surface area contributed by atoms with Crippen LogP contribution in [-0.2, 0) is 32.7 Å². The number of fused-ring (bicyclic) bond motifs is 2. The summed E-state index contributed by atoms with van der Waals surface area (Å²) in [7, 11) is 0. The fourth-order valence-corrected chi connectivity index (χ4v) is 4.81. The maximum atomic E-state index is 2.89. The van der Waals surface area contributed by atoms with Crippen molar-refractivity contribution >= 4 is 0 Å². The molecular weight excluding hydrogens is 341 g/mol. The van der Waals surface area contributed by atoms with Crippen molar-refractivity contribution in [2.24, 2.45) is 34.5 Å². The van der Waals surface area contributed by atoms with Gasteiger partial charge in [0.15, 0.2) is 0 Å². The van der Waals surface area contributed by atoms with E-state index < -0.39 is 0 Å². The van der Waals surface area contributed by atoms with Crippen LogP contribution in [0.4, 0.5) is 0 Å². The Morgan fingerprint density at radius 2 is 1.41 bits per heavy atom. The van der Waals surface area contributed by atoms with Crippen LogP contribution in [0, 0.1) is 47.0 Å². The first-order chi connectivity index (χ1) is 9.71. The zero-order valence-corrected chi connectivity index (χ0v) is 18.1. The maximum absolute atomic E-state index is 2.89. The smallest absolute Gasteiger partial charge is 0 e. The summed E-state index contributed by atoms with van der Waals surface area (Å²) in [4.78, 5) is 0. The van der Waals surface area contributed by atoms with Crippen LogP contribution in [0.5, 0.6) is 0 Å². The Morgan fingerprint density at radius 1 is 0.864 bits per heavy atom. The van der Waals surface area contributed by atoms with Crippen LogP contribution in [0.1, 0.15) is 54.4 Å². The van der Waals surface area contributed by atoms with E-state index in [0.29, 0.717) is 10.8 Å². The Kier molecular flexibility index (Phi) is 7.34. The molecule has 0 saturated heterocycles. The van der Waals surface area contributed by atoms with E-state index in [0.717, 1.165) is 23.7 Å². The van der Waals surface area contributed by atoms with Crippen LogP contribution in [0.3, 0.4) is 0 Å². The van der Waals surface area contributed by atoms with E-state index in [2.05, 4.69) is 54.0 Å². The van der Waals surface area contributed by atoms with Gasteiger partial charge in [-0.05, 0) is 16.7 Å². The Bertz CT molecular complexity index is 371. The van der Waals surface area contributed by atoms with Gasteiger partial charge in [0.1, 0.15) is 0 Å². The minimum Gasteiger partial charge on any atom is -0.325 e. The minimum atomic E-state index is 0. The van der Waals surface area contributed by atoms with Crippen molar-refractivity contribution in [1.82, 2.24) is 0 Å². The average molecular weight is 373 g/mol. The topological polar surface area (TPSA) is 0 Å². The Hall–Kier alpha value is 0.324. The molecular formula is C21H32Y-2. The van der Waals surface area contributed by atoms with Gasteiger partial charge in [-0.15, -0.1) is 0 Å². The number of benzene rings is 1. The molecule has 2 bridgehead atoms. The van der Waals surface area contributed by atoms with Crippen molar-refractivity contribution in [1.29, 1.82) is 0 Å². The second kappa shape index (κ2) is 7.93. The summed E-state index contributed by atoms with van der Waals surface area (Å²) < 4.78 is 0. The van der Waals surface area contributed by atoms with Gasteiger partial charge in [-0.2, -0.15) is 48.7 Å². The molecule has 0 spiro atoms. The summed E-state index contributed by atoms with van der Waals surface area (Å²) in [6.07, 6.45) is 5.48. The average Bonchev–Trinajstić information content (AvgIpc) is 3.00. The largest absolute Gasteiger partial charge is 0.325 e. The van der Waals surface area contributed by atoms with Gasteiger partial charge in [0.25, 0.3) is 0 Å². The van der Waals surface area contributed by atoms with Crippen molar-refractivity contribution in [2.45, 2.75) is 54.4 Å². The molecule has 4 atom stereocenters. The Labute approximate surface area is 163 Å². The van der Waals surface area contributed by atoms with Gasteiger partial charge in [0.05, 0.1) is 0 Å². The van der Waals surface area contributed by atoms with Crippen molar-refractivity contribution < 1.29 is 32.7 Å². The van der Waals surface area contributed by atoms with Crippen LogP contribution >= 0.6 is 0 Å². The molecule has 1 aromatic carbocycles. The van der Waals surface area contributed by atoms with Crippen LogP contribution in [0.25, 0.3) is 0 Å².